The molecule has 0 amide bonds. The van der Waals surface area contributed by atoms with Gasteiger partial charge < -0.3 is 5.73 Å². The molecule has 0 saturated heterocycles. The average Bonchev–Trinajstić information content (AvgIpc) is 2.82. The zero-order valence-corrected chi connectivity index (χ0v) is 11.1. The third kappa shape index (κ3) is 2.02. The first-order valence-corrected chi connectivity index (χ1v) is 6.37. The average molecular weight is 303 g/mol. The van der Waals surface area contributed by atoms with Crippen LogP contribution in [0.15, 0.2) is 47.1 Å². The molecule has 0 unspecified atom stereocenters. The molecule has 2 N–H and O–H groups in total. The van der Waals surface area contributed by atoms with Crippen LogP contribution in [0.5, 0.6) is 0 Å². The zero-order valence-electron chi connectivity index (χ0n) is 9.55. The molecule has 0 aliphatic heterocycles. The highest BCUT2D eigenvalue weighted by Gasteiger charge is 2.06. The van der Waals surface area contributed by atoms with E-state index in [4.69, 9.17) is 5.73 Å². The summed E-state index contributed by atoms with van der Waals surface area (Å²) in [4.78, 5) is 4.48. The van der Waals surface area contributed by atoms with Crippen molar-refractivity contribution in [1.29, 1.82) is 0 Å². The van der Waals surface area contributed by atoms with Crippen LogP contribution in [0.4, 0.5) is 0 Å². The van der Waals surface area contributed by atoms with Gasteiger partial charge in [0.1, 0.15) is 0 Å². The van der Waals surface area contributed by atoms with E-state index >= 15 is 0 Å². The fourth-order valence-electron chi connectivity index (χ4n) is 1.77. The van der Waals surface area contributed by atoms with Crippen molar-refractivity contribution in [3.05, 3.63) is 52.6 Å². The van der Waals surface area contributed by atoms with Crippen LogP contribution in [-0.4, -0.2) is 14.6 Å². The van der Waals surface area contributed by atoms with Crippen LogP contribution < -0.4 is 5.73 Å². The Morgan fingerprint density at radius 1 is 1.11 bits per heavy atom. The minimum absolute atomic E-state index is 0.503. The van der Waals surface area contributed by atoms with E-state index in [0.717, 1.165) is 27.1 Å². The number of hydrogen-bond donors (Lipinski definition) is 1. The predicted molar refractivity (Wildman–Crippen MR) is 74.0 cm³/mol. The van der Waals surface area contributed by atoms with Crippen molar-refractivity contribution >= 4 is 21.6 Å². The molecule has 3 aromatic rings. The van der Waals surface area contributed by atoms with E-state index in [1.54, 1.807) is 4.52 Å². The Morgan fingerprint density at radius 2 is 1.89 bits per heavy atom. The van der Waals surface area contributed by atoms with Crippen molar-refractivity contribution in [2.45, 2.75) is 6.54 Å². The molecule has 4 nitrogen and oxygen atoms in total. The number of hydrogen-bond acceptors (Lipinski definition) is 3. The summed E-state index contributed by atoms with van der Waals surface area (Å²) < 4.78 is 2.81. The van der Waals surface area contributed by atoms with Gasteiger partial charge in [0, 0.05) is 22.8 Å². The zero-order chi connectivity index (χ0) is 12.5. The SMILES string of the molecule is NCc1ccc2nc(-c3ccc(Br)cc3)nn2c1. The fraction of sp³-hybridized carbons (Fsp3) is 0.0769. The summed E-state index contributed by atoms with van der Waals surface area (Å²) in [5.41, 5.74) is 8.47. The molecule has 0 spiro atoms. The number of rotatable bonds is 2. The van der Waals surface area contributed by atoms with Crippen LogP contribution >= 0.6 is 15.9 Å². The lowest BCUT2D eigenvalue weighted by molar-refractivity contribution is 0.931. The van der Waals surface area contributed by atoms with Gasteiger partial charge in [-0.15, -0.1) is 5.10 Å². The minimum atomic E-state index is 0.503. The smallest absolute Gasteiger partial charge is 0.182 e. The van der Waals surface area contributed by atoms with Gasteiger partial charge in [-0.1, -0.05) is 34.1 Å². The Kier molecular flexibility index (Phi) is 2.85. The molecule has 0 bridgehead atoms. The third-order valence-electron chi connectivity index (χ3n) is 2.73. The Morgan fingerprint density at radius 3 is 2.61 bits per heavy atom. The molecule has 0 saturated carbocycles. The maximum atomic E-state index is 5.61. The van der Waals surface area contributed by atoms with Crippen molar-refractivity contribution in [2.75, 3.05) is 0 Å². The minimum Gasteiger partial charge on any atom is -0.326 e. The summed E-state index contributed by atoms with van der Waals surface area (Å²) in [5.74, 6) is 0.719. The standard InChI is InChI=1S/C13H11BrN4/c14-11-4-2-10(3-5-11)13-16-12-6-1-9(7-15)8-18(12)17-13/h1-6,8H,7,15H2. The Bertz CT molecular complexity index is 688. The molecule has 2 aromatic heterocycles. The first-order chi connectivity index (χ1) is 8.76. The molecule has 2 heterocycles. The summed E-state index contributed by atoms with van der Waals surface area (Å²) >= 11 is 3.41. The van der Waals surface area contributed by atoms with Crippen LogP contribution in [0.2, 0.25) is 0 Å². The molecule has 5 heteroatoms. The molecule has 3 rings (SSSR count). The highest BCUT2D eigenvalue weighted by atomic mass is 79.9. The van der Waals surface area contributed by atoms with E-state index in [0.29, 0.717) is 6.54 Å². The number of halogens is 1. The van der Waals surface area contributed by atoms with Gasteiger partial charge in [-0.25, -0.2) is 9.50 Å². The lowest BCUT2D eigenvalue weighted by Gasteiger charge is -1.95. The lowest BCUT2D eigenvalue weighted by Crippen LogP contribution is -1.98. The predicted octanol–water partition coefficient (Wildman–Crippen LogP) is 2.62. The molecule has 0 atom stereocenters. The van der Waals surface area contributed by atoms with Crippen LogP contribution in [0, 0.1) is 0 Å². The monoisotopic (exact) mass is 302 g/mol. The number of nitrogens with two attached hydrogens (primary N) is 1. The molecular formula is C13H11BrN4. The van der Waals surface area contributed by atoms with Gasteiger partial charge >= 0.3 is 0 Å². The van der Waals surface area contributed by atoms with Gasteiger partial charge in [0.05, 0.1) is 0 Å². The van der Waals surface area contributed by atoms with Gasteiger partial charge in [-0.3, -0.25) is 0 Å². The first-order valence-electron chi connectivity index (χ1n) is 5.57. The second-order valence-electron chi connectivity index (χ2n) is 3.99. The largest absolute Gasteiger partial charge is 0.326 e. The summed E-state index contributed by atoms with van der Waals surface area (Å²) in [6.07, 6.45) is 1.91. The molecule has 1 aromatic carbocycles. The number of benzene rings is 1. The van der Waals surface area contributed by atoms with Gasteiger partial charge in [-0.2, -0.15) is 0 Å². The van der Waals surface area contributed by atoms with Gasteiger partial charge in [0.15, 0.2) is 11.5 Å². The molecule has 0 radical (unpaired) electrons. The number of pyridine rings is 1. The summed E-state index contributed by atoms with van der Waals surface area (Å²) in [5, 5.41) is 4.46. The van der Waals surface area contributed by atoms with Gasteiger partial charge in [-0.05, 0) is 23.8 Å². The van der Waals surface area contributed by atoms with Crippen LogP contribution in [-0.2, 0) is 6.54 Å². The molecule has 0 fully saturated rings. The van der Waals surface area contributed by atoms with Crippen molar-refractivity contribution in [3.63, 3.8) is 0 Å². The molecule has 18 heavy (non-hydrogen) atoms. The van der Waals surface area contributed by atoms with E-state index in [-0.39, 0.29) is 0 Å². The molecular weight excluding hydrogens is 292 g/mol. The number of fused-ring (bicyclic) bond motifs is 1. The summed E-state index contributed by atoms with van der Waals surface area (Å²) in [7, 11) is 0. The maximum Gasteiger partial charge on any atom is 0.182 e. The normalized spacial score (nSPS) is 11.0. The van der Waals surface area contributed by atoms with E-state index < -0.39 is 0 Å². The van der Waals surface area contributed by atoms with E-state index in [1.165, 1.54) is 0 Å². The third-order valence-corrected chi connectivity index (χ3v) is 3.26. The van der Waals surface area contributed by atoms with E-state index in [9.17, 15) is 0 Å². The fourth-order valence-corrected chi connectivity index (χ4v) is 2.03. The second-order valence-corrected chi connectivity index (χ2v) is 4.90. The van der Waals surface area contributed by atoms with Gasteiger partial charge in [0.25, 0.3) is 0 Å². The van der Waals surface area contributed by atoms with Gasteiger partial charge in [0.2, 0.25) is 0 Å². The highest BCUT2D eigenvalue weighted by molar-refractivity contribution is 9.10. The van der Waals surface area contributed by atoms with Crippen molar-refractivity contribution in [2.24, 2.45) is 5.73 Å². The summed E-state index contributed by atoms with van der Waals surface area (Å²) in [6.45, 7) is 0.503. The van der Waals surface area contributed by atoms with Crippen molar-refractivity contribution in [3.8, 4) is 11.4 Å². The van der Waals surface area contributed by atoms with E-state index in [2.05, 4.69) is 26.0 Å². The number of nitrogens with zero attached hydrogens (tertiary/aromatic N) is 3. The Balaban J connectivity index is 2.10. The quantitative estimate of drug-likeness (QED) is 0.792. The van der Waals surface area contributed by atoms with Crippen molar-refractivity contribution < 1.29 is 0 Å². The topological polar surface area (TPSA) is 56.2 Å². The Hall–Kier alpha value is -1.72. The maximum absolute atomic E-state index is 5.61. The van der Waals surface area contributed by atoms with Crippen molar-refractivity contribution in [1.82, 2.24) is 14.6 Å². The first kappa shape index (κ1) is 11.4. The number of aromatic nitrogens is 3. The highest BCUT2D eigenvalue weighted by Crippen LogP contribution is 2.19. The second kappa shape index (κ2) is 4.51. The Labute approximate surface area is 113 Å². The molecule has 0 aliphatic rings. The van der Waals surface area contributed by atoms with E-state index in [1.807, 2.05) is 42.6 Å². The van der Waals surface area contributed by atoms with Crippen LogP contribution in [0.1, 0.15) is 5.56 Å². The lowest BCUT2D eigenvalue weighted by atomic mass is 10.2. The summed E-state index contributed by atoms with van der Waals surface area (Å²) in [6, 6.07) is 11.8. The van der Waals surface area contributed by atoms with Crippen LogP contribution in [0.25, 0.3) is 17.0 Å². The van der Waals surface area contributed by atoms with Crippen LogP contribution in [0.3, 0.4) is 0 Å². The molecule has 90 valence electrons. The molecule has 0 aliphatic carbocycles.